The molecule has 0 aliphatic heterocycles. The minimum absolute atomic E-state index is 0.0118. The van der Waals surface area contributed by atoms with Gasteiger partial charge >= 0.3 is 6.18 Å². The predicted molar refractivity (Wildman–Crippen MR) is 89.6 cm³/mol. The summed E-state index contributed by atoms with van der Waals surface area (Å²) in [5.41, 5.74) is -3.01. The number of H-pyrrole nitrogens is 1. The van der Waals surface area contributed by atoms with Gasteiger partial charge in [-0.25, -0.2) is 9.37 Å². The van der Waals surface area contributed by atoms with E-state index < -0.39 is 34.8 Å². The molecule has 0 saturated carbocycles. The van der Waals surface area contributed by atoms with Crippen molar-refractivity contribution in [1.82, 2.24) is 15.0 Å². The molecule has 0 atom stereocenters. The van der Waals surface area contributed by atoms with Crippen molar-refractivity contribution in [2.75, 3.05) is 0 Å². The van der Waals surface area contributed by atoms with E-state index in [0.717, 1.165) is 18.2 Å². The Hall–Kier alpha value is -2.65. The highest BCUT2D eigenvalue weighted by atomic mass is 35.5. The molecule has 1 aromatic carbocycles. The number of halogens is 6. The molecule has 3 rings (SSSR count). The SMILES string of the molecule is O=c1[nH]c(-c2ncccc2Cl)nc(C(F)(F)F)c1Oc1ccc(Cl)c(F)c1. The molecule has 1 N–H and O–H groups in total. The maximum Gasteiger partial charge on any atom is 0.437 e. The normalized spacial score (nSPS) is 11.5. The zero-order valence-electron chi connectivity index (χ0n) is 12.9. The number of nitrogens with one attached hydrogen (secondary N) is 1. The average molecular weight is 420 g/mol. The molecule has 5 nitrogen and oxygen atoms in total. The van der Waals surface area contributed by atoms with Gasteiger partial charge in [0, 0.05) is 12.3 Å². The molecule has 3 aromatic rings. The molecular formula is C16H7Cl2F4N3O2. The van der Waals surface area contributed by atoms with Gasteiger partial charge in [0.1, 0.15) is 17.3 Å². The molecule has 0 aliphatic carbocycles. The van der Waals surface area contributed by atoms with Crippen LogP contribution in [0.25, 0.3) is 11.5 Å². The first kappa shape index (κ1) is 19.1. The first-order chi connectivity index (χ1) is 12.7. The Morgan fingerprint density at radius 2 is 1.85 bits per heavy atom. The van der Waals surface area contributed by atoms with Gasteiger partial charge in [0.25, 0.3) is 5.56 Å². The Morgan fingerprint density at radius 3 is 2.48 bits per heavy atom. The fourth-order valence-corrected chi connectivity index (χ4v) is 2.41. The summed E-state index contributed by atoms with van der Waals surface area (Å²) in [6.45, 7) is 0. The summed E-state index contributed by atoms with van der Waals surface area (Å²) in [4.78, 5) is 21.6. The van der Waals surface area contributed by atoms with Crippen LogP contribution in [-0.4, -0.2) is 15.0 Å². The second-order valence-electron chi connectivity index (χ2n) is 5.10. The lowest BCUT2D eigenvalue weighted by atomic mass is 10.3. The molecule has 0 saturated heterocycles. The van der Waals surface area contributed by atoms with Gasteiger partial charge in [0.05, 0.1) is 10.0 Å². The third kappa shape index (κ3) is 4.04. The molecule has 11 heteroatoms. The van der Waals surface area contributed by atoms with Gasteiger partial charge in [0.15, 0.2) is 11.5 Å². The van der Waals surface area contributed by atoms with Crippen molar-refractivity contribution in [2.24, 2.45) is 0 Å². The van der Waals surface area contributed by atoms with Crippen LogP contribution in [0.4, 0.5) is 17.6 Å². The van der Waals surface area contributed by atoms with E-state index in [-0.39, 0.29) is 21.5 Å². The highest BCUT2D eigenvalue weighted by Crippen LogP contribution is 2.36. The van der Waals surface area contributed by atoms with Crippen molar-refractivity contribution in [1.29, 1.82) is 0 Å². The van der Waals surface area contributed by atoms with Crippen LogP contribution in [-0.2, 0) is 6.18 Å². The highest BCUT2D eigenvalue weighted by Gasteiger charge is 2.39. The smallest absolute Gasteiger partial charge is 0.437 e. The number of alkyl halides is 3. The Balaban J connectivity index is 2.15. The maximum atomic E-state index is 13.5. The van der Waals surface area contributed by atoms with Gasteiger partial charge in [-0.1, -0.05) is 23.2 Å². The van der Waals surface area contributed by atoms with E-state index in [2.05, 4.69) is 15.0 Å². The lowest BCUT2D eigenvalue weighted by Gasteiger charge is -2.13. The van der Waals surface area contributed by atoms with E-state index in [0.29, 0.717) is 0 Å². The van der Waals surface area contributed by atoms with Gasteiger partial charge in [-0.15, -0.1) is 0 Å². The molecule has 0 amide bonds. The van der Waals surface area contributed by atoms with Crippen LogP contribution in [0.5, 0.6) is 11.5 Å². The van der Waals surface area contributed by atoms with E-state index in [9.17, 15) is 22.4 Å². The Labute approximate surface area is 158 Å². The lowest BCUT2D eigenvalue weighted by molar-refractivity contribution is -0.142. The van der Waals surface area contributed by atoms with Gasteiger partial charge in [0.2, 0.25) is 5.75 Å². The molecule has 2 aromatic heterocycles. The fraction of sp³-hybridized carbons (Fsp3) is 0.0625. The summed E-state index contributed by atoms with van der Waals surface area (Å²) in [6, 6.07) is 5.75. The van der Waals surface area contributed by atoms with Crippen molar-refractivity contribution in [2.45, 2.75) is 6.18 Å². The van der Waals surface area contributed by atoms with Crippen molar-refractivity contribution < 1.29 is 22.3 Å². The Kier molecular flexibility index (Phi) is 5.07. The molecule has 2 heterocycles. The van der Waals surface area contributed by atoms with Gasteiger partial charge in [-0.05, 0) is 24.3 Å². The summed E-state index contributed by atoms with van der Waals surface area (Å²) >= 11 is 11.4. The third-order valence-electron chi connectivity index (χ3n) is 3.24. The summed E-state index contributed by atoms with van der Waals surface area (Å²) in [5.74, 6) is -2.94. The van der Waals surface area contributed by atoms with Crippen LogP contribution in [0.2, 0.25) is 10.0 Å². The van der Waals surface area contributed by atoms with Crippen LogP contribution < -0.4 is 10.3 Å². The second kappa shape index (κ2) is 7.16. The summed E-state index contributed by atoms with van der Waals surface area (Å²) in [5, 5.41) is -0.271. The molecule has 140 valence electrons. The Morgan fingerprint density at radius 1 is 1.11 bits per heavy atom. The number of aromatic nitrogens is 3. The third-order valence-corrected chi connectivity index (χ3v) is 3.85. The van der Waals surface area contributed by atoms with Crippen LogP contribution in [0.3, 0.4) is 0 Å². The standard InChI is InChI=1S/C16H7Cl2F4N3O2/c17-8-4-3-7(6-10(8)19)27-12-13(16(20,21)22)24-14(25-15(12)26)11-9(18)2-1-5-23-11/h1-6H,(H,24,25,26). The zero-order valence-corrected chi connectivity index (χ0v) is 14.5. The summed E-state index contributed by atoms with van der Waals surface area (Å²) in [7, 11) is 0. The second-order valence-corrected chi connectivity index (χ2v) is 5.92. The van der Waals surface area contributed by atoms with E-state index in [4.69, 9.17) is 27.9 Å². The van der Waals surface area contributed by atoms with Crippen molar-refractivity contribution >= 4 is 23.2 Å². The number of hydrogen-bond donors (Lipinski definition) is 1. The van der Waals surface area contributed by atoms with E-state index >= 15 is 0 Å². The molecule has 0 unspecified atom stereocenters. The first-order valence-electron chi connectivity index (χ1n) is 7.12. The van der Waals surface area contributed by atoms with Crippen LogP contribution in [0, 0.1) is 5.82 Å². The molecule has 0 aliphatic rings. The van der Waals surface area contributed by atoms with Crippen molar-refractivity contribution in [3.8, 4) is 23.0 Å². The monoisotopic (exact) mass is 419 g/mol. The number of nitrogens with zero attached hydrogens (tertiary/aromatic N) is 2. The highest BCUT2D eigenvalue weighted by molar-refractivity contribution is 6.32. The molecular weight excluding hydrogens is 413 g/mol. The van der Waals surface area contributed by atoms with Crippen LogP contribution in [0.15, 0.2) is 41.3 Å². The van der Waals surface area contributed by atoms with Gasteiger partial charge in [-0.3, -0.25) is 9.78 Å². The minimum Gasteiger partial charge on any atom is -0.449 e. The molecule has 27 heavy (non-hydrogen) atoms. The average Bonchev–Trinajstić information content (AvgIpc) is 2.59. The number of aromatic amines is 1. The summed E-state index contributed by atoms with van der Waals surface area (Å²) in [6.07, 6.45) is -3.76. The van der Waals surface area contributed by atoms with Gasteiger partial charge in [-0.2, -0.15) is 13.2 Å². The number of hydrogen-bond acceptors (Lipinski definition) is 4. The minimum atomic E-state index is -5.04. The Bertz CT molecular complexity index is 1070. The maximum absolute atomic E-state index is 13.5. The zero-order chi connectivity index (χ0) is 19.8. The topological polar surface area (TPSA) is 67.9 Å². The molecule has 0 bridgehead atoms. The van der Waals surface area contributed by atoms with Crippen LogP contribution in [0.1, 0.15) is 5.69 Å². The number of ether oxygens (including phenoxy) is 1. The van der Waals surface area contributed by atoms with Crippen molar-refractivity contribution in [3.05, 3.63) is 68.4 Å². The number of benzene rings is 1. The lowest BCUT2D eigenvalue weighted by Crippen LogP contribution is -2.21. The predicted octanol–water partition coefficient (Wildman–Crippen LogP) is 5.09. The number of rotatable bonds is 3. The van der Waals surface area contributed by atoms with E-state index in [1.54, 1.807) is 0 Å². The van der Waals surface area contributed by atoms with Gasteiger partial charge < -0.3 is 9.72 Å². The quantitative estimate of drug-likeness (QED) is 0.600. The largest absolute Gasteiger partial charge is 0.449 e. The van der Waals surface area contributed by atoms with Crippen LogP contribution >= 0.6 is 23.2 Å². The number of pyridine rings is 1. The summed E-state index contributed by atoms with van der Waals surface area (Å²) < 4.78 is 58.7. The fourth-order valence-electron chi connectivity index (χ4n) is 2.08. The van der Waals surface area contributed by atoms with E-state index in [1.165, 1.54) is 18.3 Å². The van der Waals surface area contributed by atoms with E-state index in [1.807, 2.05) is 0 Å². The first-order valence-corrected chi connectivity index (χ1v) is 7.87. The molecule has 0 radical (unpaired) electrons. The molecule has 0 spiro atoms. The van der Waals surface area contributed by atoms with Crippen molar-refractivity contribution in [3.63, 3.8) is 0 Å². The molecule has 0 fully saturated rings.